The van der Waals surface area contributed by atoms with Gasteiger partial charge < -0.3 is 20.1 Å². The number of rotatable bonds is 8. The SMILES string of the molecule is Cc1ccc(NC(=O)c2sc(NC(=O)c3ccc(OC4CCCC4)cc3)c(C(=O)OC(C)C)c2C)c(C)c1. The van der Waals surface area contributed by atoms with Crippen LogP contribution in [-0.4, -0.2) is 30.0 Å². The quantitative estimate of drug-likeness (QED) is 0.302. The van der Waals surface area contributed by atoms with E-state index in [4.69, 9.17) is 9.47 Å². The van der Waals surface area contributed by atoms with Crippen LogP contribution in [0, 0.1) is 20.8 Å². The first-order valence-electron chi connectivity index (χ1n) is 12.9. The van der Waals surface area contributed by atoms with Gasteiger partial charge in [-0.25, -0.2) is 4.79 Å². The highest BCUT2D eigenvalue weighted by molar-refractivity contribution is 7.19. The van der Waals surface area contributed by atoms with Crippen LogP contribution in [0.1, 0.15) is 86.6 Å². The molecule has 3 aromatic rings. The minimum absolute atomic E-state index is 0.184. The van der Waals surface area contributed by atoms with Crippen molar-refractivity contribution in [1.82, 2.24) is 0 Å². The molecule has 1 aliphatic rings. The fourth-order valence-electron chi connectivity index (χ4n) is 4.53. The van der Waals surface area contributed by atoms with Crippen LogP contribution in [0.25, 0.3) is 0 Å². The minimum Gasteiger partial charge on any atom is -0.490 e. The van der Waals surface area contributed by atoms with E-state index in [1.807, 2.05) is 32.0 Å². The van der Waals surface area contributed by atoms with Crippen LogP contribution in [0.5, 0.6) is 5.75 Å². The Hall–Kier alpha value is -3.65. The first-order chi connectivity index (χ1) is 18.1. The maximum atomic E-state index is 13.2. The summed E-state index contributed by atoms with van der Waals surface area (Å²) in [6.45, 7) is 9.10. The Morgan fingerprint density at radius 3 is 2.24 bits per heavy atom. The number of carbonyl (C=O) groups is 3. The van der Waals surface area contributed by atoms with Gasteiger partial charge >= 0.3 is 5.97 Å². The topological polar surface area (TPSA) is 93.7 Å². The molecule has 0 atom stereocenters. The minimum atomic E-state index is -0.588. The highest BCUT2D eigenvalue weighted by Crippen LogP contribution is 2.35. The van der Waals surface area contributed by atoms with Crippen LogP contribution >= 0.6 is 11.3 Å². The summed E-state index contributed by atoms with van der Waals surface area (Å²) >= 11 is 1.06. The van der Waals surface area contributed by atoms with E-state index in [2.05, 4.69) is 10.6 Å². The van der Waals surface area contributed by atoms with Crippen LogP contribution in [-0.2, 0) is 4.74 Å². The summed E-state index contributed by atoms with van der Waals surface area (Å²) < 4.78 is 11.4. The molecule has 38 heavy (non-hydrogen) atoms. The smallest absolute Gasteiger partial charge is 0.341 e. The second-order valence-electron chi connectivity index (χ2n) is 9.99. The van der Waals surface area contributed by atoms with E-state index in [0.717, 1.165) is 41.1 Å². The Morgan fingerprint density at radius 1 is 0.921 bits per heavy atom. The van der Waals surface area contributed by atoms with Gasteiger partial charge in [-0.3, -0.25) is 9.59 Å². The number of esters is 1. The van der Waals surface area contributed by atoms with E-state index in [0.29, 0.717) is 21.7 Å². The molecular weight excluding hydrogens is 500 g/mol. The molecule has 4 rings (SSSR count). The van der Waals surface area contributed by atoms with E-state index >= 15 is 0 Å². The molecule has 1 aliphatic carbocycles. The predicted molar refractivity (Wildman–Crippen MR) is 151 cm³/mol. The van der Waals surface area contributed by atoms with Crippen molar-refractivity contribution in [2.24, 2.45) is 0 Å². The van der Waals surface area contributed by atoms with Gasteiger partial charge in [-0.2, -0.15) is 0 Å². The number of benzene rings is 2. The van der Waals surface area contributed by atoms with E-state index in [9.17, 15) is 14.4 Å². The Labute approximate surface area is 227 Å². The summed E-state index contributed by atoms with van der Waals surface area (Å²) in [4.78, 5) is 39.7. The monoisotopic (exact) mass is 534 g/mol. The molecule has 0 bridgehead atoms. The average Bonchev–Trinajstić information content (AvgIpc) is 3.48. The standard InChI is InChI=1S/C30H34N2O5S/c1-17(2)36-30(35)25-20(5)26(28(34)31-24-15-10-18(3)16-19(24)4)38-29(25)32-27(33)21-11-13-23(14-12-21)37-22-8-6-7-9-22/h10-17,22H,6-9H2,1-5H3,(H,31,34)(H,32,33). The zero-order valence-corrected chi connectivity index (χ0v) is 23.3. The van der Waals surface area contributed by atoms with E-state index in [1.54, 1.807) is 45.0 Å². The Morgan fingerprint density at radius 2 is 1.61 bits per heavy atom. The Bertz CT molecular complexity index is 1340. The molecule has 0 unspecified atom stereocenters. The first-order valence-corrected chi connectivity index (χ1v) is 13.7. The van der Waals surface area contributed by atoms with Crippen molar-refractivity contribution in [3.05, 3.63) is 75.2 Å². The van der Waals surface area contributed by atoms with Crippen molar-refractivity contribution in [3.63, 3.8) is 0 Å². The van der Waals surface area contributed by atoms with Crippen LogP contribution in [0.15, 0.2) is 42.5 Å². The summed E-state index contributed by atoms with van der Waals surface area (Å²) in [6.07, 6.45) is 4.33. The average molecular weight is 535 g/mol. The highest BCUT2D eigenvalue weighted by Gasteiger charge is 2.28. The van der Waals surface area contributed by atoms with Gasteiger partial charge in [0.1, 0.15) is 10.8 Å². The van der Waals surface area contributed by atoms with Crippen molar-refractivity contribution in [1.29, 1.82) is 0 Å². The lowest BCUT2D eigenvalue weighted by atomic mass is 10.1. The third kappa shape index (κ3) is 6.42. The number of amides is 2. The molecule has 200 valence electrons. The molecule has 0 saturated heterocycles. The van der Waals surface area contributed by atoms with Crippen molar-refractivity contribution < 1.29 is 23.9 Å². The largest absolute Gasteiger partial charge is 0.490 e. The van der Waals surface area contributed by atoms with Crippen molar-refractivity contribution >= 4 is 39.8 Å². The maximum Gasteiger partial charge on any atom is 0.341 e. The maximum absolute atomic E-state index is 13.2. The molecule has 2 N–H and O–H groups in total. The van der Waals surface area contributed by atoms with Gasteiger partial charge in [-0.05, 0) is 102 Å². The number of hydrogen-bond donors (Lipinski definition) is 2. The number of nitrogens with one attached hydrogen (secondary N) is 2. The highest BCUT2D eigenvalue weighted by atomic mass is 32.1. The number of hydrogen-bond acceptors (Lipinski definition) is 6. The van der Waals surface area contributed by atoms with Gasteiger partial charge in [-0.1, -0.05) is 17.7 Å². The summed E-state index contributed by atoms with van der Waals surface area (Å²) in [7, 11) is 0. The fraction of sp³-hybridized carbons (Fsp3) is 0.367. The van der Waals surface area contributed by atoms with Gasteiger partial charge in [0, 0.05) is 11.3 Å². The molecule has 0 radical (unpaired) electrons. The second kappa shape index (κ2) is 11.8. The molecule has 1 heterocycles. The van der Waals surface area contributed by atoms with Crippen molar-refractivity contribution in [2.75, 3.05) is 10.6 Å². The van der Waals surface area contributed by atoms with Crippen molar-refractivity contribution in [3.8, 4) is 5.75 Å². The number of anilines is 2. The molecule has 1 aromatic heterocycles. The first kappa shape index (κ1) is 27.4. The molecule has 0 aliphatic heterocycles. The molecule has 8 heteroatoms. The molecule has 7 nitrogen and oxygen atoms in total. The predicted octanol–water partition coefficient (Wildman–Crippen LogP) is 7.06. The van der Waals surface area contributed by atoms with Gasteiger partial charge in [0.2, 0.25) is 0 Å². The number of carbonyl (C=O) groups excluding carboxylic acids is 3. The molecule has 2 aromatic carbocycles. The third-order valence-corrected chi connectivity index (χ3v) is 7.68. The fourth-order valence-corrected chi connectivity index (χ4v) is 5.61. The Balaban J connectivity index is 1.57. The second-order valence-corrected chi connectivity index (χ2v) is 11.0. The van der Waals surface area contributed by atoms with E-state index in [-0.39, 0.29) is 28.7 Å². The van der Waals surface area contributed by atoms with Crippen molar-refractivity contribution in [2.45, 2.75) is 72.5 Å². The number of thiophene rings is 1. The van der Waals surface area contributed by atoms with Crippen LogP contribution in [0.3, 0.4) is 0 Å². The number of aryl methyl sites for hydroxylation is 2. The lowest BCUT2D eigenvalue weighted by Gasteiger charge is -2.13. The summed E-state index contributed by atoms with van der Waals surface area (Å²) in [5.74, 6) is -0.604. The molecule has 2 amide bonds. The summed E-state index contributed by atoms with van der Waals surface area (Å²) in [6, 6.07) is 12.7. The van der Waals surface area contributed by atoms with E-state index in [1.165, 1.54) is 12.8 Å². The lowest BCUT2D eigenvalue weighted by molar-refractivity contribution is 0.0379. The van der Waals surface area contributed by atoms with Crippen LogP contribution in [0.4, 0.5) is 10.7 Å². The van der Waals surface area contributed by atoms with Crippen LogP contribution in [0.2, 0.25) is 0 Å². The van der Waals surface area contributed by atoms with Gasteiger partial charge in [0.15, 0.2) is 0 Å². The van der Waals surface area contributed by atoms with Gasteiger partial charge in [0.05, 0.1) is 22.6 Å². The lowest BCUT2D eigenvalue weighted by Crippen LogP contribution is -2.17. The molecular formula is C30H34N2O5S. The van der Waals surface area contributed by atoms with Gasteiger partial charge in [0.25, 0.3) is 11.8 Å². The van der Waals surface area contributed by atoms with Gasteiger partial charge in [-0.15, -0.1) is 11.3 Å². The Kier molecular flexibility index (Phi) is 8.52. The van der Waals surface area contributed by atoms with E-state index < -0.39 is 11.9 Å². The zero-order valence-electron chi connectivity index (χ0n) is 22.5. The summed E-state index contributed by atoms with van der Waals surface area (Å²) in [5, 5.41) is 6.03. The molecule has 1 saturated carbocycles. The third-order valence-electron chi connectivity index (χ3n) is 6.48. The molecule has 0 spiro atoms. The number of ether oxygens (including phenoxy) is 2. The molecule has 1 fully saturated rings. The normalized spacial score (nSPS) is 13.4. The zero-order chi connectivity index (χ0) is 27.4. The summed E-state index contributed by atoms with van der Waals surface area (Å²) in [5.41, 5.74) is 3.77. The van der Waals surface area contributed by atoms with Crippen LogP contribution < -0.4 is 15.4 Å².